The Balaban J connectivity index is 1.45. The van der Waals surface area contributed by atoms with Crippen molar-refractivity contribution in [3.8, 4) is 9.88 Å². The predicted molar refractivity (Wildman–Crippen MR) is 98.9 cm³/mol. The number of amides is 1. The van der Waals surface area contributed by atoms with Gasteiger partial charge >= 0.3 is 0 Å². The summed E-state index contributed by atoms with van der Waals surface area (Å²) in [6, 6.07) is 9.75. The fourth-order valence-corrected chi connectivity index (χ4v) is 4.70. The lowest BCUT2D eigenvalue weighted by Crippen LogP contribution is -2.30. The van der Waals surface area contributed by atoms with Crippen LogP contribution in [0.1, 0.15) is 27.2 Å². The van der Waals surface area contributed by atoms with Crippen LogP contribution in [0.2, 0.25) is 0 Å². The second-order valence-electron chi connectivity index (χ2n) is 6.01. The zero-order chi connectivity index (χ0) is 17.2. The van der Waals surface area contributed by atoms with E-state index >= 15 is 0 Å². The maximum atomic E-state index is 11.5. The number of hydrogen-bond acceptors (Lipinski definition) is 6. The summed E-state index contributed by atoms with van der Waals surface area (Å²) in [5, 5.41) is 14.1. The summed E-state index contributed by atoms with van der Waals surface area (Å²) >= 11 is 3.41. The molecule has 2 aromatic heterocycles. The molecule has 2 N–H and O–H groups in total. The van der Waals surface area contributed by atoms with E-state index in [-0.39, 0.29) is 0 Å². The summed E-state index contributed by atoms with van der Waals surface area (Å²) in [6.07, 6.45) is 0.893. The molecule has 25 heavy (non-hydrogen) atoms. The third-order valence-corrected chi connectivity index (χ3v) is 6.26. The Kier molecular flexibility index (Phi) is 4.63. The fraction of sp³-hybridized carbons (Fsp3) is 0.222. The van der Waals surface area contributed by atoms with Gasteiger partial charge in [-0.3, -0.25) is 14.9 Å². The van der Waals surface area contributed by atoms with Gasteiger partial charge in [-0.15, -0.1) is 22.7 Å². The number of carbonyl (C=O) groups is 1. The highest BCUT2D eigenvalue weighted by Crippen LogP contribution is 2.29. The Morgan fingerprint density at radius 1 is 1.28 bits per heavy atom. The van der Waals surface area contributed by atoms with Crippen LogP contribution in [-0.2, 0) is 19.5 Å². The van der Waals surface area contributed by atoms with Gasteiger partial charge in [0, 0.05) is 30.6 Å². The van der Waals surface area contributed by atoms with E-state index in [0.29, 0.717) is 5.56 Å². The van der Waals surface area contributed by atoms with Gasteiger partial charge in [-0.2, -0.15) is 0 Å². The highest BCUT2D eigenvalue weighted by molar-refractivity contribution is 7.20. The van der Waals surface area contributed by atoms with Crippen molar-refractivity contribution >= 4 is 28.6 Å². The second kappa shape index (κ2) is 7.05. The first kappa shape index (κ1) is 16.4. The SMILES string of the molecule is O=C(NO)c1ccc2c(c1)CCN(Cc1csc(-c3cccs3)n1)C2. The first-order valence-corrected chi connectivity index (χ1v) is 9.76. The molecule has 3 heterocycles. The molecule has 0 radical (unpaired) electrons. The Morgan fingerprint density at radius 2 is 2.20 bits per heavy atom. The molecule has 0 aliphatic carbocycles. The molecular formula is C18H17N3O2S2. The van der Waals surface area contributed by atoms with Crippen molar-refractivity contribution in [2.45, 2.75) is 19.5 Å². The van der Waals surface area contributed by atoms with Crippen LogP contribution < -0.4 is 5.48 Å². The maximum absolute atomic E-state index is 11.5. The quantitative estimate of drug-likeness (QED) is 0.544. The van der Waals surface area contributed by atoms with Crippen LogP contribution >= 0.6 is 22.7 Å². The number of thiazole rings is 1. The minimum absolute atomic E-state index is 0.464. The summed E-state index contributed by atoms with van der Waals surface area (Å²) in [5.41, 5.74) is 5.69. The van der Waals surface area contributed by atoms with E-state index in [1.165, 1.54) is 16.0 Å². The number of hydroxylamine groups is 1. The number of nitrogens with one attached hydrogen (secondary N) is 1. The molecule has 1 amide bonds. The number of hydrogen-bond donors (Lipinski definition) is 2. The van der Waals surface area contributed by atoms with Gasteiger partial charge in [-0.1, -0.05) is 12.1 Å². The number of benzene rings is 1. The van der Waals surface area contributed by atoms with Crippen molar-refractivity contribution in [1.29, 1.82) is 0 Å². The van der Waals surface area contributed by atoms with Gasteiger partial charge in [0.1, 0.15) is 5.01 Å². The Hall–Kier alpha value is -2.06. The second-order valence-corrected chi connectivity index (χ2v) is 7.81. The molecule has 3 aromatic rings. The lowest BCUT2D eigenvalue weighted by atomic mass is 9.97. The number of fused-ring (bicyclic) bond motifs is 1. The third kappa shape index (κ3) is 3.50. The predicted octanol–water partition coefficient (Wildman–Crippen LogP) is 3.55. The molecule has 0 spiro atoms. The van der Waals surface area contributed by atoms with Crippen LogP contribution in [0.15, 0.2) is 41.1 Å². The summed E-state index contributed by atoms with van der Waals surface area (Å²) in [7, 11) is 0. The first-order valence-electron chi connectivity index (χ1n) is 8.00. The largest absolute Gasteiger partial charge is 0.293 e. The van der Waals surface area contributed by atoms with Crippen LogP contribution in [0.4, 0.5) is 0 Å². The number of aromatic nitrogens is 1. The Morgan fingerprint density at radius 3 is 3.00 bits per heavy atom. The number of carbonyl (C=O) groups excluding carboxylic acids is 1. The highest BCUT2D eigenvalue weighted by atomic mass is 32.1. The summed E-state index contributed by atoms with van der Waals surface area (Å²) in [4.78, 5) is 19.9. The van der Waals surface area contributed by atoms with Crippen molar-refractivity contribution in [1.82, 2.24) is 15.4 Å². The van der Waals surface area contributed by atoms with Gasteiger partial charge in [0.15, 0.2) is 0 Å². The van der Waals surface area contributed by atoms with Crippen LogP contribution in [0, 0.1) is 0 Å². The smallest absolute Gasteiger partial charge is 0.274 e. The van der Waals surface area contributed by atoms with Crippen LogP contribution in [0.5, 0.6) is 0 Å². The van der Waals surface area contributed by atoms with Gasteiger partial charge in [0.2, 0.25) is 0 Å². The lowest BCUT2D eigenvalue weighted by molar-refractivity contribution is 0.0706. The molecule has 0 saturated heterocycles. The number of thiophene rings is 1. The maximum Gasteiger partial charge on any atom is 0.274 e. The van der Waals surface area contributed by atoms with Crippen molar-refractivity contribution in [2.75, 3.05) is 6.54 Å². The molecule has 1 aromatic carbocycles. The molecule has 128 valence electrons. The van der Waals surface area contributed by atoms with Gasteiger partial charge in [0.25, 0.3) is 5.91 Å². The van der Waals surface area contributed by atoms with E-state index in [1.54, 1.807) is 34.2 Å². The average Bonchev–Trinajstić information content (AvgIpc) is 3.32. The highest BCUT2D eigenvalue weighted by Gasteiger charge is 2.19. The summed E-state index contributed by atoms with van der Waals surface area (Å²) in [6.45, 7) is 2.62. The van der Waals surface area contributed by atoms with Crippen molar-refractivity contribution in [3.05, 3.63) is 63.5 Å². The van der Waals surface area contributed by atoms with Gasteiger partial charge in [-0.05, 0) is 41.1 Å². The molecule has 1 aliphatic heterocycles. The number of nitrogens with zero attached hydrogens (tertiary/aromatic N) is 2. The minimum atomic E-state index is -0.464. The van der Waals surface area contributed by atoms with E-state index in [9.17, 15) is 4.79 Å². The summed E-state index contributed by atoms with van der Waals surface area (Å²) < 4.78 is 0. The van der Waals surface area contributed by atoms with Crippen LogP contribution in [0.3, 0.4) is 0 Å². The molecule has 0 fully saturated rings. The van der Waals surface area contributed by atoms with Crippen LogP contribution in [-0.4, -0.2) is 27.5 Å². The van der Waals surface area contributed by atoms with E-state index in [4.69, 9.17) is 10.2 Å². The van der Waals surface area contributed by atoms with Crippen molar-refractivity contribution in [2.24, 2.45) is 0 Å². The lowest BCUT2D eigenvalue weighted by Gasteiger charge is -2.28. The first-order chi connectivity index (χ1) is 12.2. The van der Waals surface area contributed by atoms with Gasteiger partial charge in [0.05, 0.1) is 10.6 Å². The fourth-order valence-electron chi connectivity index (χ4n) is 3.07. The normalized spacial score (nSPS) is 14.3. The number of rotatable bonds is 4. The van der Waals surface area contributed by atoms with Gasteiger partial charge < -0.3 is 0 Å². The monoisotopic (exact) mass is 371 g/mol. The van der Waals surface area contributed by atoms with E-state index in [2.05, 4.69) is 21.7 Å². The molecule has 0 saturated carbocycles. The minimum Gasteiger partial charge on any atom is -0.293 e. The molecule has 5 nitrogen and oxygen atoms in total. The van der Waals surface area contributed by atoms with Crippen LogP contribution in [0.25, 0.3) is 9.88 Å². The van der Waals surface area contributed by atoms with Gasteiger partial charge in [-0.25, -0.2) is 10.5 Å². The third-order valence-electron chi connectivity index (χ3n) is 4.33. The van der Waals surface area contributed by atoms with Crippen molar-refractivity contribution in [3.63, 3.8) is 0 Å². The molecule has 0 bridgehead atoms. The molecule has 0 atom stereocenters. The summed E-state index contributed by atoms with van der Waals surface area (Å²) in [5.74, 6) is -0.464. The van der Waals surface area contributed by atoms with E-state index in [0.717, 1.165) is 36.8 Å². The zero-order valence-electron chi connectivity index (χ0n) is 13.4. The van der Waals surface area contributed by atoms with E-state index < -0.39 is 5.91 Å². The molecular weight excluding hydrogens is 354 g/mol. The molecule has 0 unspecified atom stereocenters. The standard InChI is InChI=1S/C18H17N3O2S2/c22-17(20-23)13-3-4-14-9-21(6-5-12(14)8-13)10-15-11-25-18(19-15)16-2-1-7-24-16/h1-4,7-8,11,23H,5-6,9-10H2,(H,20,22). The molecule has 4 rings (SSSR count). The Bertz CT molecular complexity index is 890. The molecule has 7 heteroatoms. The van der Waals surface area contributed by atoms with E-state index in [1.807, 2.05) is 18.2 Å². The van der Waals surface area contributed by atoms with Crippen molar-refractivity contribution < 1.29 is 10.0 Å². The Labute approximate surface area is 153 Å². The molecule has 1 aliphatic rings. The average molecular weight is 371 g/mol. The zero-order valence-corrected chi connectivity index (χ0v) is 15.1. The topological polar surface area (TPSA) is 65.5 Å².